The van der Waals surface area contributed by atoms with Crippen molar-refractivity contribution in [2.24, 2.45) is 0 Å². The number of likely N-dealkylation sites (N-methyl/N-ethyl adjacent to an activating group) is 1. The summed E-state index contributed by atoms with van der Waals surface area (Å²) < 4.78 is 38.5. The normalized spacial score (nSPS) is 16.2. The molecule has 1 aliphatic rings. The van der Waals surface area contributed by atoms with Gasteiger partial charge in [-0.2, -0.15) is 18.3 Å². The molecule has 2 rings (SSSR count). The molecule has 8 heteroatoms. The number of halogens is 3. The average molecular weight is 344 g/mol. The van der Waals surface area contributed by atoms with Crippen molar-refractivity contribution >= 4 is 5.91 Å². The molecule has 0 atom stereocenters. The first-order chi connectivity index (χ1) is 11.2. The molecule has 0 saturated heterocycles. The van der Waals surface area contributed by atoms with Gasteiger partial charge in [-0.3, -0.25) is 9.48 Å². The predicted molar refractivity (Wildman–Crippen MR) is 84.7 cm³/mol. The second kappa shape index (κ2) is 7.38. The second-order valence-corrected chi connectivity index (χ2v) is 6.25. The van der Waals surface area contributed by atoms with E-state index in [1.807, 2.05) is 7.05 Å². The van der Waals surface area contributed by atoms with Gasteiger partial charge >= 0.3 is 6.18 Å². The number of carbonyl (C=O) groups excluding carboxylic acids is 1. The van der Waals surface area contributed by atoms with E-state index < -0.39 is 12.7 Å². The van der Waals surface area contributed by atoms with Crippen LogP contribution >= 0.6 is 0 Å². The third-order valence-electron chi connectivity index (χ3n) is 4.22. The molecular weight excluding hydrogens is 321 g/mol. The van der Waals surface area contributed by atoms with Crippen LogP contribution in [0.2, 0.25) is 0 Å². The van der Waals surface area contributed by atoms with Crippen molar-refractivity contribution in [3.63, 3.8) is 0 Å². The Hall–Kier alpha value is -1.83. The summed E-state index contributed by atoms with van der Waals surface area (Å²) in [7, 11) is 2.04. The number of aryl methyl sites for hydroxylation is 1. The molecule has 0 spiro atoms. The zero-order chi connectivity index (χ0) is 17.9. The van der Waals surface area contributed by atoms with Crippen LogP contribution in [0, 0.1) is 13.8 Å². The lowest BCUT2D eigenvalue weighted by molar-refractivity contribution is -0.142. The maximum Gasteiger partial charge on any atom is 0.408 e. The highest BCUT2D eigenvalue weighted by atomic mass is 19.4. The minimum Gasteiger partial charge on any atom is -0.352 e. The Morgan fingerprint density at radius 2 is 2.08 bits per heavy atom. The van der Waals surface area contributed by atoms with E-state index in [0.717, 1.165) is 24.2 Å². The van der Waals surface area contributed by atoms with Gasteiger partial charge in [0, 0.05) is 30.9 Å². The lowest BCUT2D eigenvalue weighted by Crippen LogP contribution is -2.31. The standard InChI is InChI=1S/C16H23F3N4O/c1-11-14(12(2)23(21-11)10-16(17,18)19)8-15(24)20-9-13-4-6-22(3)7-5-13/h4H,5-10H2,1-3H3,(H,20,24). The van der Waals surface area contributed by atoms with Gasteiger partial charge in [0.15, 0.2) is 0 Å². The zero-order valence-corrected chi connectivity index (χ0v) is 14.2. The Morgan fingerprint density at radius 3 is 2.67 bits per heavy atom. The lowest BCUT2D eigenvalue weighted by Gasteiger charge is -2.22. The highest BCUT2D eigenvalue weighted by Gasteiger charge is 2.30. The fourth-order valence-corrected chi connectivity index (χ4v) is 2.72. The van der Waals surface area contributed by atoms with Crippen molar-refractivity contribution in [1.29, 1.82) is 0 Å². The van der Waals surface area contributed by atoms with E-state index in [1.165, 1.54) is 5.57 Å². The topological polar surface area (TPSA) is 50.2 Å². The van der Waals surface area contributed by atoms with E-state index in [9.17, 15) is 18.0 Å². The summed E-state index contributed by atoms with van der Waals surface area (Å²) in [5, 5.41) is 6.75. The number of carbonyl (C=O) groups is 1. The predicted octanol–water partition coefficient (Wildman–Crippen LogP) is 1.98. The van der Waals surface area contributed by atoms with E-state index >= 15 is 0 Å². The molecule has 134 valence electrons. The van der Waals surface area contributed by atoms with Crippen molar-refractivity contribution in [2.75, 3.05) is 26.7 Å². The summed E-state index contributed by atoms with van der Waals surface area (Å²) in [4.78, 5) is 14.3. The molecule has 0 aliphatic carbocycles. The monoisotopic (exact) mass is 344 g/mol. The molecule has 0 aromatic carbocycles. The van der Waals surface area contributed by atoms with Crippen molar-refractivity contribution < 1.29 is 18.0 Å². The molecule has 1 aromatic heterocycles. The van der Waals surface area contributed by atoms with Gasteiger partial charge in [0.05, 0.1) is 12.1 Å². The highest BCUT2D eigenvalue weighted by molar-refractivity contribution is 5.79. The molecular formula is C16H23F3N4O. The van der Waals surface area contributed by atoms with Gasteiger partial charge in [-0.15, -0.1) is 0 Å². The van der Waals surface area contributed by atoms with Crippen LogP contribution in [0.4, 0.5) is 13.2 Å². The largest absolute Gasteiger partial charge is 0.408 e. The first-order valence-electron chi connectivity index (χ1n) is 7.88. The van der Waals surface area contributed by atoms with Crippen LogP contribution in [-0.2, 0) is 17.8 Å². The number of nitrogens with one attached hydrogen (secondary N) is 1. The molecule has 1 amide bonds. The number of aromatic nitrogens is 2. The Kier molecular flexibility index (Phi) is 5.69. The molecule has 5 nitrogen and oxygen atoms in total. The summed E-state index contributed by atoms with van der Waals surface area (Å²) in [6, 6.07) is 0. The third kappa shape index (κ3) is 5.09. The number of hydrogen-bond acceptors (Lipinski definition) is 3. The summed E-state index contributed by atoms with van der Waals surface area (Å²) >= 11 is 0. The molecule has 0 saturated carbocycles. The zero-order valence-electron chi connectivity index (χ0n) is 14.2. The molecule has 0 unspecified atom stereocenters. The smallest absolute Gasteiger partial charge is 0.352 e. The Labute approximate surface area is 139 Å². The molecule has 0 bridgehead atoms. The van der Waals surface area contributed by atoms with Crippen LogP contribution in [0.3, 0.4) is 0 Å². The van der Waals surface area contributed by atoms with E-state index in [2.05, 4.69) is 21.4 Å². The third-order valence-corrected chi connectivity index (χ3v) is 4.22. The van der Waals surface area contributed by atoms with Crippen molar-refractivity contribution in [2.45, 2.75) is 39.4 Å². The van der Waals surface area contributed by atoms with Gasteiger partial charge in [0.25, 0.3) is 0 Å². The van der Waals surface area contributed by atoms with Crippen LogP contribution in [-0.4, -0.2) is 53.4 Å². The average Bonchev–Trinajstić information content (AvgIpc) is 2.72. The molecule has 1 N–H and O–H groups in total. The fraction of sp³-hybridized carbons (Fsp3) is 0.625. The quantitative estimate of drug-likeness (QED) is 0.831. The van der Waals surface area contributed by atoms with Gasteiger partial charge in [0.2, 0.25) is 5.91 Å². The second-order valence-electron chi connectivity index (χ2n) is 6.25. The van der Waals surface area contributed by atoms with Gasteiger partial charge in [-0.05, 0) is 27.3 Å². The Morgan fingerprint density at radius 1 is 1.38 bits per heavy atom. The lowest BCUT2D eigenvalue weighted by atomic mass is 10.1. The van der Waals surface area contributed by atoms with E-state index in [4.69, 9.17) is 0 Å². The van der Waals surface area contributed by atoms with Crippen LogP contribution in [0.25, 0.3) is 0 Å². The van der Waals surface area contributed by atoms with E-state index in [-0.39, 0.29) is 12.3 Å². The molecule has 24 heavy (non-hydrogen) atoms. The molecule has 2 heterocycles. The molecule has 1 aromatic rings. The first kappa shape index (κ1) is 18.5. The maximum atomic E-state index is 12.5. The van der Waals surface area contributed by atoms with Crippen LogP contribution in [0.1, 0.15) is 23.4 Å². The van der Waals surface area contributed by atoms with Gasteiger partial charge in [-0.1, -0.05) is 11.6 Å². The fourth-order valence-electron chi connectivity index (χ4n) is 2.72. The number of rotatable bonds is 5. The SMILES string of the molecule is Cc1nn(CC(F)(F)F)c(C)c1CC(=O)NCC1=CCN(C)CC1. The minimum atomic E-state index is -4.33. The van der Waals surface area contributed by atoms with Gasteiger partial charge < -0.3 is 10.2 Å². The number of amides is 1. The summed E-state index contributed by atoms with van der Waals surface area (Å²) in [6.07, 6.45) is -1.27. The van der Waals surface area contributed by atoms with Gasteiger partial charge in [-0.25, -0.2) is 0 Å². The molecule has 1 aliphatic heterocycles. The van der Waals surface area contributed by atoms with Crippen molar-refractivity contribution in [1.82, 2.24) is 20.0 Å². The summed E-state index contributed by atoms with van der Waals surface area (Å²) in [5.74, 6) is -0.201. The van der Waals surface area contributed by atoms with Crippen LogP contribution < -0.4 is 5.32 Å². The molecule has 0 radical (unpaired) electrons. The Balaban J connectivity index is 1.94. The summed E-state index contributed by atoms with van der Waals surface area (Å²) in [5.41, 5.74) is 2.60. The molecule has 0 fully saturated rings. The van der Waals surface area contributed by atoms with Crippen LogP contribution in [0.15, 0.2) is 11.6 Å². The maximum absolute atomic E-state index is 12.5. The van der Waals surface area contributed by atoms with Crippen molar-refractivity contribution in [3.8, 4) is 0 Å². The Bertz CT molecular complexity index is 634. The van der Waals surface area contributed by atoms with E-state index in [1.54, 1.807) is 13.8 Å². The number of alkyl halides is 3. The number of hydrogen-bond donors (Lipinski definition) is 1. The highest BCUT2D eigenvalue weighted by Crippen LogP contribution is 2.21. The number of nitrogens with zero attached hydrogens (tertiary/aromatic N) is 3. The van der Waals surface area contributed by atoms with Gasteiger partial charge in [0.1, 0.15) is 6.54 Å². The first-order valence-corrected chi connectivity index (χ1v) is 7.88. The van der Waals surface area contributed by atoms with E-state index in [0.29, 0.717) is 23.5 Å². The minimum absolute atomic E-state index is 0.0444. The van der Waals surface area contributed by atoms with Crippen molar-refractivity contribution in [3.05, 3.63) is 28.6 Å². The summed E-state index contributed by atoms with van der Waals surface area (Å²) in [6.45, 7) is 4.37. The van der Waals surface area contributed by atoms with Crippen LogP contribution in [0.5, 0.6) is 0 Å².